The van der Waals surface area contributed by atoms with E-state index < -0.39 is 0 Å². The van der Waals surface area contributed by atoms with E-state index in [-0.39, 0.29) is 0 Å². The highest BCUT2D eigenvalue weighted by atomic mass is 15.0. The van der Waals surface area contributed by atoms with Crippen LogP contribution in [0.3, 0.4) is 0 Å². The Hall–Kier alpha value is -1.16. The fourth-order valence-electron chi connectivity index (χ4n) is 2.62. The summed E-state index contributed by atoms with van der Waals surface area (Å²) in [7, 11) is 0. The fraction of sp³-hybridized carbons (Fsp3) is 0.733. The number of aromatic nitrogens is 2. The molecular formula is C15H26N4. The minimum absolute atomic E-state index is 0.769. The Labute approximate surface area is 116 Å². The lowest BCUT2D eigenvalue weighted by Crippen LogP contribution is -2.31. The van der Waals surface area contributed by atoms with Crippen molar-refractivity contribution in [1.82, 2.24) is 15.3 Å². The van der Waals surface area contributed by atoms with Gasteiger partial charge >= 0.3 is 0 Å². The van der Waals surface area contributed by atoms with Crippen LogP contribution in [0.4, 0.5) is 5.82 Å². The van der Waals surface area contributed by atoms with Crippen LogP contribution in [0, 0.1) is 12.8 Å². The summed E-state index contributed by atoms with van der Waals surface area (Å²) in [4.78, 5) is 9.25. The van der Waals surface area contributed by atoms with Crippen LogP contribution in [0.1, 0.15) is 43.8 Å². The van der Waals surface area contributed by atoms with Crippen molar-refractivity contribution in [2.24, 2.45) is 5.92 Å². The molecule has 0 saturated carbocycles. The van der Waals surface area contributed by atoms with Gasteiger partial charge in [0.25, 0.3) is 0 Å². The van der Waals surface area contributed by atoms with Gasteiger partial charge < -0.3 is 10.6 Å². The molecule has 106 valence electrons. The van der Waals surface area contributed by atoms with Crippen molar-refractivity contribution in [3.05, 3.63) is 17.1 Å². The van der Waals surface area contributed by atoms with Gasteiger partial charge in [0.1, 0.15) is 11.6 Å². The third-order valence-electron chi connectivity index (χ3n) is 3.96. The van der Waals surface area contributed by atoms with Crippen molar-refractivity contribution in [3.63, 3.8) is 0 Å². The first-order chi connectivity index (χ1) is 9.24. The Balaban J connectivity index is 2.05. The van der Waals surface area contributed by atoms with E-state index in [1.807, 2.05) is 0 Å². The number of piperidine rings is 1. The number of nitrogens with one attached hydrogen (secondary N) is 2. The highest BCUT2D eigenvalue weighted by Gasteiger charge is 2.14. The Morgan fingerprint density at radius 3 is 2.53 bits per heavy atom. The third kappa shape index (κ3) is 3.66. The van der Waals surface area contributed by atoms with Crippen molar-refractivity contribution in [2.75, 3.05) is 25.0 Å². The first-order valence-corrected chi connectivity index (χ1v) is 7.55. The largest absolute Gasteiger partial charge is 0.369 e. The van der Waals surface area contributed by atoms with Gasteiger partial charge in [0.05, 0.1) is 0 Å². The van der Waals surface area contributed by atoms with Gasteiger partial charge in [-0.1, -0.05) is 13.8 Å². The Bertz CT molecular complexity index is 411. The van der Waals surface area contributed by atoms with E-state index in [0.29, 0.717) is 0 Å². The van der Waals surface area contributed by atoms with Gasteiger partial charge in [-0.2, -0.15) is 0 Å². The second-order valence-electron chi connectivity index (χ2n) is 5.34. The quantitative estimate of drug-likeness (QED) is 0.855. The van der Waals surface area contributed by atoms with Gasteiger partial charge in [-0.3, -0.25) is 0 Å². The summed E-state index contributed by atoms with van der Waals surface area (Å²) in [6.07, 6.45) is 4.40. The predicted molar refractivity (Wildman–Crippen MR) is 79.6 cm³/mol. The van der Waals surface area contributed by atoms with Crippen molar-refractivity contribution < 1.29 is 0 Å². The fourth-order valence-corrected chi connectivity index (χ4v) is 2.62. The highest BCUT2D eigenvalue weighted by molar-refractivity contribution is 5.46. The van der Waals surface area contributed by atoms with E-state index in [9.17, 15) is 0 Å². The number of aryl methyl sites for hydroxylation is 2. The van der Waals surface area contributed by atoms with Crippen LogP contribution in [0.25, 0.3) is 0 Å². The molecule has 0 radical (unpaired) electrons. The van der Waals surface area contributed by atoms with Crippen molar-refractivity contribution in [2.45, 2.75) is 46.5 Å². The molecule has 0 aromatic carbocycles. The SMILES string of the molecule is CCc1nc(CC)c(C)c(NCC2CCNCC2)n1. The van der Waals surface area contributed by atoms with Crippen LogP contribution in [-0.4, -0.2) is 29.6 Å². The van der Waals surface area contributed by atoms with Gasteiger partial charge in [0.15, 0.2) is 0 Å². The topological polar surface area (TPSA) is 49.8 Å². The number of hydrogen-bond donors (Lipinski definition) is 2. The molecule has 2 rings (SSSR count). The minimum atomic E-state index is 0.769. The summed E-state index contributed by atoms with van der Waals surface area (Å²) < 4.78 is 0. The van der Waals surface area contributed by atoms with E-state index >= 15 is 0 Å². The summed E-state index contributed by atoms with van der Waals surface area (Å²) >= 11 is 0. The molecule has 0 aliphatic carbocycles. The van der Waals surface area contributed by atoms with Crippen LogP contribution in [0.2, 0.25) is 0 Å². The van der Waals surface area contributed by atoms with E-state index in [0.717, 1.165) is 50.0 Å². The molecule has 1 aliphatic rings. The Morgan fingerprint density at radius 2 is 1.89 bits per heavy atom. The summed E-state index contributed by atoms with van der Waals surface area (Å²) in [6, 6.07) is 0. The molecule has 4 heteroatoms. The maximum absolute atomic E-state index is 4.65. The van der Waals surface area contributed by atoms with Gasteiger partial charge in [0.2, 0.25) is 0 Å². The average Bonchev–Trinajstić information content (AvgIpc) is 2.47. The van der Waals surface area contributed by atoms with Crippen LogP contribution in [-0.2, 0) is 12.8 Å². The first-order valence-electron chi connectivity index (χ1n) is 7.55. The summed E-state index contributed by atoms with van der Waals surface area (Å²) in [5.74, 6) is 2.77. The maximum atomic E-state index is 4.65. The molecule has 1 aromatic rings. The summed E-state index contributed by atoms with van der Waals surface area (Å²) in [6.45, 7) is 9.73. The zero-order valence-corrected chi connectivity index (χ0v) is 12.4. The molecule has 0 spiro atoms. The number of nitrogens with zero attached hydrogens (tertiary/aromatic N) is 2. The maximum Gasteiger partial charge on any atom is 0.132 e. The van der Waals surface area contributed by atoms with E-state index in [4.69, 9.17) is 0 Å². The molecule has 1 aromatic heterocycles. The molecule has 0 atom stereocenters. The van der Waals surface area contributed by atoms with E-state index in [2.05, 4.69) is 41.4 Å². The molecule has 0 bridgehead atoms. The zero-order valence-electron chi connectivity index (χ0n) is 12.4. The standard InChI is InChI=1S/C15H26N4/c1-4-13-11(3)15(19-14(5-2)18-13)17-10-12-6-8-16-9-7-12/h12,16H,4-10H2,1-3H3,(H,17,18,19). The van der Waals surface area contributed by atoms with Crippen molar-refractivity contribution in [3.8, 4) is 0 Å². The summed E-state index contributed by atoms with van der Waals surface area (Å²) in [5.41, 5.74) is 2.40. The van der Waals surface area contributed by atoms with Crippen LogP contribution in [0.15, 0.2) is 0 Å². The zero-order chi connectivity index (χ0) is 13.7. The molecule has 1 saturated heterocycles. The molecule has 0 amide bonds. The average molecular weight is 262 g/mol. The third-order valence-corrected chi connectivity index (χ3v) is 3.96. The lowest BCUT2D eigenvalue weighted by atomic mass is 9.98. The van der Waals surface area contributed by atoms with Crippen LogP contribution < -0.4 is 10.6 Å². The molecule has 4 nitrogen and oxygen atoms in total. The Morgan fingerprint density at radius 1 is 1.16 bits per heavy atom. The Kier molecular flexibility index (Phi) is 5.14. The van der Waals surface area contributed by atoms with Gasteiger partial charge in [0, 0.05) is 24.2 Å². The summed E-state index contributed by atoms with van der Waals surface area (Å²) in [5, 5.41) is 6.96. The monoisotopic (exact) mass is 262 g/mol. The van der Waals surface area contributed by atoms with Crippen molar-refractivity contribution in [1.29, 1.82) is 0 Å². The lowest BCUT2D eigenvalue weighted by Gasteiger charge is -2.23. The van der Waals surface area contributed by atoms with Crippen LogP contribution in [0.5, 0.6) is 0 Å². The second-order valence-corrected chi connectivity index (χ2v) is 5.34. The van der Waals surface area contributed by atoms with E-state index in [1.165, 1.54) is 24.1 Å². The number of rotatable bonds is 5. The molecule has 0 unspecified atom stereocenters. The number of hydrogen-bond acceptors (Lipinski definition) is 4. The lowest BCUT2D eigenvalue weighted by molar-refractivity contribution is 0.389. The van der Waals surface area contributed by atoms with Crippen molar-refractivity contribution >= 4 is 5.82 Å². The normalized spacial score (nSPS) is 16.6. The van der Waals surface area contributed by atoms with Gasteiger partial charge in [-0.25, -0.2) is 9.97 Å². The molecular weight excluding hydrogens is 236 g/mol. The number of anilines is 1. The van der Waals surface area contributed by atoms with Gasteiger partial charge in [-0.05, 0) is 45.2 Å². The predicted octanol–water partition coefficient (Wildman–Crippen LogP) is 2.32. The molecule has 2 heterocycles. The molecule has 19 heavy (non-hydrogen) atoms. The van der Waals surface area contributed by atoms with Crippen LogP contribution >= 0.6 is 0 Å². The highest BCUT2D eigenvalue weighted by Crippen LogP contribution is 2.18. The van der Waals surface area contributed by atoms with Gasteiger partial charge in [-0.15, -0.1) is 0 Å². The van der Waals surface area contributed by atoms with E-state index in [1.54, 1.807) is 0 Å². The molecule has 1 fully saturated rings. The second kappa shape index (κ2) is 6.85. The molecule has 1 aliphatic heterocycles. The first kappa shape index (κ1) is 14.3. The minimum Gasteiger partial charge on any atom is -0.369 e. The molecule has 2 N–H and O–H groups in total. The smallest absolute Gasteiger partial charge is 0.132 e.